The maximum Gasteiger partial charge on any atom is 0.209 e. The fourth-order valence-corrected chi connectivity index (χ4v) is 2.86. The molecule has 0 atom stereocenters. The summed E-state index contributed by atoms with van der Waals surface area (Å²) in [5.41, 5.74) is 4.55. The predicted octanol–water partition coefficient (Wildman–Crippen LogP) is 3.64. The molecule has 4 heteroatoms. The maximum atomic E-state index is 4.56. The Labute approximate surface area is 116 Å². The van der Waals surface area contributed by atoms with Crippen molar-refractivity contribution in [3.05, 3.63) is 59.3 Å². The quantitative estimate of drug-likeness (QED) is 0.680. The number of aromatic nitrogens is 3. The van der Waals surface area contributed by atoms with Crippen molar-refractivity contribution in [1.82, 2.24) is 14.6 Å². The molecule has 0 unspecified atom stereocenters. The molecule has 0 aliphatic rings. The number of fused-ring (bicyclic) bond motifs is 1. The largest absolute Gasteiger partial charge is 0.217 e. The van der Waals surface area contributed by atoms with Crippen molar-refractivity contribution < 1.29 is 0 Å². The first-order chi connectivity index (χ1) is 9.22. The van der Waals surface area contributed by atoms with E-state index in [1.807, 2.05) is 10.6 Å². The van der Waals surface area contributed by atoms with Gasteiger partial charge in [0.15, 0.2) is 5.65 Å². The summed E-state index contributed by atoms with van der Waals surface area (Å²) < 4.78 is 1.90. The van der Waals surface area contributed by atoms with E-state index in [4.69, 9.17) is 0 Å². The Morgan fingerprint density at radius 3 is 2.68 bits per heavy atom. The van der Waals surface area contributed by atoms with Gasteiger partial charge in [0.1, 0.15) is 0 Å². The number of aryl methyl sites for hydroxylation is 2. The van der Waals surface area contributed by atoms with E-state index in [0.29, 0.717) is 0 Å². The maximum absolute atomic E-state index is 4.56. The molecule has 0 aliphatic carbocycles. The van der Waals surface area contributed by atoms with Crippen molar-refractivity contribution in [3.8, 4) is 0 Å². The smallest absolute Gasteiger partial charge is 0.209 e. The molecule has 2 aromatic heterocycles. The zero-order chi connectivity index (χ0) is 13.2. The summed E-state index contributed by atoms with van der Waals surface area (Å²) >= 11 is 1.67. The molecular formula is C15H15N3S. The number of hydrogen-bond donors (Lipinski definition) is 0. The van der Waals surface area contributed by atoms with Crippen LogP contribution in [0.5, 0.6) is 0 Å². The molecule has 19 heavy (non-hydrogen) atoms. The molecule has 96 valence electrons. The summed E-state index contributed by atoms with van der Waals surface area (Å²) in [6, 6.07) is 14.6. The SMILES string of the molecule is Cc1cc(C)n2nc(SCc3ccccc3)nc2c1. The van der Waals surface area contributed by atoms with Gasteiger partial charge in [0.2, 0.25) is 5.16 Å². The first kappa shape index (κ1) is 12.2. The summed E-state index contributed by atoms with van der Waals surface area (Å²) in [6.45, 7) is 4.14. The highest BCUT2D eigenvalue weighted by atomic mass is 32.2. The molecule has 3 aromatic rings. The molecule has 0 fully saturated rings. The molecule has 0 bridgehead atoms. The molecule has 0 saturated heterocycles. The lowest BCUT2D eigenvalue weighted by molar-refractivity contribution is 0.855. The van der Waals surface area contributed by atoms with Crippen LogP contribution in [0.1, 0.15) is 16.8 Å². The van der Waals surface area contributed by atoms with E-state index < -0.39 is 0 Å². The lowest BCUT2D eigenvalue weighted by Gasteiger charge is -1.98. The molecule has 2 heterocycles. The number of nitrogens with zero attached hydrogens (tertiary/aromatic N) is 3. The van der Waals surface area contributed by atoms with Gasteiger partial charge in [0.25, 0.3) is 0 Å². The van der Waals surface area contributed by atoms with Crippen molar-refractivity contribution in [2.24, 2.45) is 0 Å². The van der Waals surface area contributed by atoms with E-state index in [2.05, 4.69) is 60.3 Å². The van der Waals surface area contributed by atoms with E-state index in [9.17, 15) is 0 Å². The summed E-state index contributed by atoms with van der Waals surface area (Å²) in [5, 5.41) is 5.37. The number of benzene rings is 1. The van der Waals surface area contributed by atoms with E-state index in [-0.39, 0.29) is 0 Å². The monoisotopic (exact) mass is 269 g/mol. The van der Waals surface area contributed by atoms with Gasteiger partial charge < -0.3 is 0 Å². The zero-order valence-corrected chi connectivity index (χ0v) is 11.8. The molecule has 0 N–H and O–H groups in total. The second kappa shape index (κ2) is 5.05. The summed E-state index contributed by atoms with van der Waals surface area (Å²) in [6.07, 6.45) is 0. The molecular weight excluding hydrogens is 254 g/mol. The van der Waals surface area contributed by atoms with Gasteiger partial charge in [0, 0.05) is 11.4 Å². The predicted molar refractivity (Wildman–Crippen MR) is 78.5 cm³/mol. The second-order valence-corrected chi connectivity index (χ2v) is 5.56. The van der Waals surface area contributed by atoms with Crippen molar-refractivity contribution in [2.45, 2.75) is 24.8 Å². The van der Waals surface area contributed by atoms with Gasteiger partial charge in [-0.3, -0.25) is 0 Å². The Balaban J connectivity index is 1.84. The Morgan fingerprint density at radius 2 is 1.89 bits per heavy atom. The fraction of sp³-hybridized carbons (Fsp3) is 0.200. The van der Waals surface area contributed by atoms with Crippen LogP contribution in [-0.2, 0) is 5.75 Å². The molecule has 1 aromatic carbocycles. The third-order valence-electron chi connectivity index (χ3n) is 2.95. The van der Waals surface area contributed by atoms with Gasteiger partial charge in [-0.15, -0.1) is 5.10 Å². The van der Waals surface area contributed by atoms with Gasteiger partial charge in [-0.05, 0) is 37.1 Å². The van der Waals surface area contributed by atoms with Crippen molar-refractivity contribution in [1.29, 1.82) is 0 Å². The minimum Gasteiger partial charge on any atom is -0.217 e. The third-order valence-corrected chi connectivity index (χ3v) is 3.86. The second-order valence-electron chi connectivity index (χ2n) is 4.61. The van der Waals surface area contributed by atoms with Crippen LogP contribution in [0.2, 0.25) is 0 Å². The van der Waals surface area contributed by atoms with Crippen LogP contribution in [0.4, 0.5) is 0 Å². The molecule has 3 nitrogen and oxygen atoms in total. The lowest BCUT2D eigenvalue weighted by Crippen LogP contribution is -1.93. The molecule has 0 spiro atoms. The highest BCUT2D eigenvalue weighted by Crippen LogP contribution is 2.20. The Kier molecular flexibility index (Phi) is 3.25. The Morgan fingerprint density at radius 1 is 1.11 bits per heavy atom. The third kappa shape index (κ3) is 2.63. The molecule has 0 radical (unpaired) electrons. The van der Waals surface area contributed by atoms with E-state index in [1.54, 1.807) is 11.8 Å². The van der Waals surface area contributed by atoms with Gasteiger partial charge in [0.05, 0.1) is 0 Å². The molecule has 0 amide bonds. The Bertz CT molecular complexity index is 704. The van der Waals surface area contributed by atoms with Crippen LogP contribution in [-0.4, -0.2) is 14.6 Å². The standard InChI is InChI=1S/C15H15N3S/c1-11-8-12(2)18-14(9-11)16-15(17-18)19-10-13-6-4-3-5-7-13/h3-9H,10H2,1-2H3. The Hall–Kier alpha value is -1.81. The number of rotatable bonds is 3. The lowest BCUT2D eigenvalue weighted by atomic mass is 10.2. The van der Waals surface area contributed by atoms with Crippen LogP contribution in [0, 0.1) is 13.8 Å². The van der Waals surface area contributed by atoms with Crippen LogP contribution >= 0.6 is 11.8 Å². The van der Waals surface area contributed by atoms with E-state index >= 15 is 0 Å². The van der Waals surface area contributed by atoms with E-state index in [0.717, 1.165) is 22.3 Å². The van der Waals surface area contributed by atoms with Crippen molar-refractivity contribution in [3.63, 3.8) is 0 Å². The van der Waals surface area contributed by atoms with Gasteiger partial charge >= 0.3 is 0 Å². The van der Waals surface area contributed by atoms with Crippen LogP contribution in [0.3, 0.4) is 0 Å². The van der Waals surface area contributed by atoms with Crippen LogP contribution < -0.4 is 0 Å². The topological polar surface area (TPSA) is 30.2 Å². The minimum atomic E-state index is 0.831. The highest BCUT2D eigenvalue weighted by Gasteiger charge is 2.06. The summed E-state index contributed by atoms with van der Waals surface area (Å²) in [5.74, 6) is 0.899. The first-order valence-corrected chi connectivity index (χ1v) is 7.22. The van der Waals surface area contributed by atoms with Gasteiger partial charge in [-0.2, -0.15) is 0 Å². The zero-order valence-electron chi connectivity index (χ0n) is 11.0. The average Bonchev–Trinajstić information content (AvgIpc) is 2.81. The average molecular weight is 269 g/mol. The molecule has 3 rings (SSSR count). The number of thioether (sulfide) groups is 1. The van der Waals surface area contributed by atoms with Gasteiger partial charge in [-0.1, -0.05) is 42.1 Å². The molecule has 0 saturated carbocycles. The summed E-state index contributed by atoms with van der Waals surface area (Å²) in [7, 11) is 0. The van der Waals surface area contributed by atoms with Crippen LogP contribution in [0.25, 0.3) is 5.65 Å². The van der Waals surface area contributed by atoms with Crippen molar-refractivity contribution >= 4 is 17.4 Å². The normalized spacial score (nSPS) is 11.1. The first-order valence-electron chi connectivity index (χ1n) is 6.23. The van der Waals surface area contributed by atoms with Gasteiger partial charge in [-0.25, -0.2) is 9.50 Å². The minimum absolute atomic E-state index is 0.831. The highest BCUT2D eigenvalue weighted by molar-refractivity contribution is 7.98. The van der Waals surface area contributed by atoms with Crippen molar-refractivity contribution in [2.75, 3.05) is 0 Å². The number of hydrogen-bond acceptors (Lipinski definition) is 3. The van der Waals surface area contributed by atoms with Crippen LogP contribution in [0.15, 0.2) is 47.6 Å². The number of pyridine rings is 1. The fourth-order valence-electron chi connectivity index (χ4n) is 2.08. The summed E-state index contributed by atoms with van der Waals surface area (Å²) in [4.78, 5) is 4.56. The van der Waals surface area contributed by atoms with E-state index in [1.165, 1.54) is 11.1 Å². The molecule has 0 aliphatic heterocycles.